The lowest BCUT2D eigenvalue weighted by atomic mass is 10.0. The molecule has 106 valence electrons. The van der Waals surface area contributed by atoms with Gasteiger partial charge in [-0.2, -0.15) is 4.31 Å². The molecule has 0 bridgehead atoms. The molecule has 2 fully saturated rings. The van der Waals surface area contributed by atoms with Gasteiger partial charge in [0.25, 0.3) is 0 Å². The second-order valence-electron chi connectivity index (χ2n) is 5.35. The molecule has 0 saturated carbocycles. The van der Waals surface area contributed by atoms with Crippen LogP contribution in [0.3, 0.4) is 0 Å². The van der Waals surface area contributed by atoms with Crippen molar-refractivity contribution in [1.29, 1.82) is 0 Å². The van der Waals surface area contributed by atoms with Gasteiger partial charge in [0, 0.05) is 32.2 Å². The van der Waals surface area contributed by atoms with E-state index in [0.717, 1.165) is 19.5 Å². The van der Waals surface area contributed by atoms with Crippen molar-refractivity contribution in [2.75, 3.05) is 32.7 Å². The van der Waals surface area contributed by atoms with E-state index >= 15 is 0 Å². The van der Waals surface area contributed by atoms with Crippen molar-refractivity contribution in [3.63, 3.8) is 0 Å². The quantitative estimate of drug-likeness (QED) is 0.797. The highest BCUT2D eigenvalue weighted by molar-refractivity contribution is 7.89. The molecule has 2 aliphatic rings. The summed E-state index contributed by atoms with van der Waals surface area (Å²) >= 11 is 0. The monoisotopic (exact) mass is 275 g/mol. The van der Waals surface area contributed by atoms with Crippen LogP contribution < -0.4 is 5.73 Å². The van der Waals surface area contributed by atoms with Gasteiger partial charge in [-0.05, 0) is 25.8 Å². The number of sulfonamides is 1. The number of nitrogens with two attached hydrogens (primary N) is 1. The van der Waals surface area contributed by atoms with Gasteiger partial charge in [-0.3, -0.25) is 4.90 Å². The molecule has 6 heteroatoms. The predicted molar refractivity (Wildman–Crippen MR) is 72.8 cm³/mol. The van der Waals surface area contributed by atoms with E-state index in [2.05, 4.69) is 4.90 Å². The zero-order valence-electron chi connectivity index (χ0n) is 11.2. The number of piperidine rings is 1. The van der Waals surface area contributed by atoms with E-state index in [1.165, 1.54) is 12.8 Å². The first-order valence-corrected chi connectivity index (χ1v) is 8.53. The highest BCUT2D eigenvalue weighted by Crippen LogP contribution is 2.24. The highest BCUT2D eigenvalue weighted by atomic mass is 32.2. The minimum absolute atomic E-state index is 0.226. The molecular weight excluding hydrogens is 250 g/mol. The van der Waals surface area contributed by atoms with Gasteiger partial charge in [-0.25, -0.2) is 8.42 Å². The van der Waals surface area contributed by atoms with Crippen molar-refractivity contribution >= 4 is 10.0 Å². The van der Waals surface area contributed by atoms with E-state index in [1.807, 2.05) is 6.92 Å². The van der Waals surface area contributed by atoms with Crippen LogP contribution in [0.25, 0.3) is 0 Å². The van der Waals surface area contributed by atoms with Gasteiger partial charge in [0.15, 0.2) is 0 Å². The van der Waals surface area contributed by atoms with E-state index in [4.69, 9.17) is 5.73 Å². The number of hydrogen-bond acceptors (Lipinski definition) is 4. The Morgan fingerprint density at radius 1 is 1.28 bits per heavy atom. The molecule has 0 aromatic heterocycles. The molecule has 2 heterocycles. The Labute approximate surface area is 110 Å². The zero-order valence-corrected chi connectivity index (χ0v) is 12.0. The number of piperazine rings is 1. The summed E-state index contributed by atoms with van der Waals surface area (Å²) in [7, 11) is -3.19. The van der Waals surface area contributed by atoms with Crippen LogP contribution >= 0.6 is 0 Å². The fourth-order valence-electron chi connectivity index (χ4n) is 3.07. The normalized spacial score (nSPS) is 28.9. The van der Waals surface area contributed by atoms with Crippen LogP contribution in [0, 0.1) is 0 Å². The molecule has 2 rings (SSSR count). The molecule has 0 aromatic carbocycles. The lowest BCUT2D eigenvalue weighted by Gasteiger charge is -2.44. The van der Waals surface area contributed by atoms with Crippen molar-refractivity contribution in [3.8, 4) is 0 Å². The van der Waals surface area contributed by atoms with E-state index in [9.17, 15) is 8.42 Å². The summed E-state index contributed by atoms with van der Waals surface area (Å²) in [6.45, 7) is 5.43. The molecular formula is C12H25N3O2S. The molecule has 5 nitrogen and oxygen atoms in total. The lowest BCUT2D eigenvalue weighted by molar-refractivity contribution is 0.0847. The summed E-state index contributed by atoms with van der Waals surface area (Å²) in [4.78, 5) is 2.44. The SMILES string of the molecule is CCC(CN)S(=O)(=O)N1CCN2CCCCC2C1. The Hall–Kier alpha value is -0.170. The summed E-state index contributed by atoms with van der Waals surface area (Å²) < 4.78 is 26.6. The smallest absolute Gasteiger partial charge is 0.218 e. The third-order valence-corrected chi connectivity index (χ3v) is 6.72. The maximum Gasteiger partial charge on any atom is 0.218 e. The second-order valence-corrected chi connectivity index (χ2v) is 7.57. The van der Waals surface area contributed by atoms with Crippen molar-refractivity contribution in [3.05, 3.63) is 0 Å². The maximum atomic E-state index is 12.4. The first kappa shape index (κ1) is 14.2. The van der Waals surface area contributed by atoms with Gasteiger partial charge in [-0.15, -0.1) is 0 Å². The lowest BCUT2D eigenvalue weighted by Crippen LogP contribution is -2.57. The van der Waals surface area contributed by atoms with E-state index in [0.29, 0.717) is 25.6 Å². The van der Waals surface area contributed by atoms with Gasteiger partial charge in [0.2, 0.25) is 10.0 Å². The molecule has 18 heavy (non-hydrogen) atoms. The van der Waals surface area contributed by atoms with Crippen LogP contribution in [-0.4, -0.2) is 61.6 Å². The number of fused-ring (bicyclic) bond motifs is 1. The Bertz CT molecular complexity index is 368. The summed E-state index contributed by atoms with van der Waals surface area (Å²) in [6.07, 6.45) is 4.21. The van der Waals surface area contributed by atoms with E-state index < -0.39 is 15.3 Å². The molecule has 2 saturated heterocycles. The van der Waals surface area contributed by atoms with E-state index in [-0.39, 0.29) is 6.54 Å². The van der Waals surface area contributed by atoms with Crippen molar-refractivity contribution in [2.45, 2.75) is 43.9 Å². The second kappa shape index (κ2) is 5.86. The highest BCUT2D eigenvalue weighted by Gasteiger charge is 2.37. The van der Waals surface area contributed by atoms with Crippen LogP contribution in [0.1, 0.15) is 32.6 Å². The van der Waals surface area contributed by atoms with Gasteiger partial charge in [-0.1, -0.05) is 13.3 Å². The van der Waals surface area contributed by atoms with Crippen LogP contribution in [0.2, 0.25) is 0 Å². The van der Waals surface area contributed by atoms with Gasteiger partial charge in [0.1, 0.15) is 0 Å². The molecule has 0 aromatic rings. The van der Waals surface area contributed by atoms with Crippen molar-refractivity contribution in [2.24, 2.45) is 5.73 Å². The van der Waals surface area contributed by atoms with Crippen LogP contribution in [-0.2, 0) is 10.0 Å². The molecule has 0 spiro atoms. The zero-order chi connectivity index (χ0) is 13.2. The molecule has 2 aliphatic heterocycles. The van der Waals surface area contributed by atoms with Crippen LogP contribution in [0.4, 0.5) is 0 Å². The first-order chi connectivity index (χ1) is 8.59. The summed E-state index contributed by atoms with van der Waals surface area (Å²) in [6, 6.07) is 0.428. The Morgan fingerprint density at radius 3 is 2.72 bits per heavy atom. The molecule has 0 aliphatic carbocycles. The van der Waals surface area contributed by atoms with Gasteiger partial charge < -0.3 is 5.73 Å². The molecule has 0 amide bonds. The molecule has 2 atom stereocenters. The van der Waals surface area contributed by atoms with Crippen molar-refractivity contribution < 1.29 is 8.42 Å². The number of rotatable bonds is 4. The fourth-order valence-corrected chi connectivity index (χ4v) is 4.87. The topological polar surface area (TPSA) is 66.6 Å². The van der Waals surface area contributed by atoms with Crippen molar-refractivity contribution in [1.82, 2.24) is 9.21 Å². The summed E-state index contributed by atoms with van der Waals surface area (Å²) in [5.41, 5.74) is 5.59. The molecule has 2 N–H and O–H groups in total. The summed E-state index contributed by atoms with van der Waals surface area (Å²) in [5.74, 6) is 0. The standard InChI is InChI=1S/C12H25N3O2S/c1-2-12(9-13)18(16,17)15-8-7-14-6-4-3-5-11(14)10-15/h11-12H,2-10,13H2,1H3. The third-order valence-electron chi connectivity index (χ3n) is 4.30. The number of hydrogen-bond donors (Lipinski definition) is 1. The minimum Gasteiger partial charge on any atom is -0.329 e. The average molecular weight is 275 g/mol. The van der Waals surface area contributed by atoms with Crippen LogP contribution in [0.5, 0.6) is 0 Å². The minimum atomic E-state index is -3.19. The molecule has 2 unspecified atom stereocenters. The maximum absolute atomic E-state index is 12.4. The van der Waals surface area contributed by atoms with Crippen LogP contribution in [0.15, 0.2) is 0 Å². The Kier molecular flexibility index (Phi) is 4.64. The third kappa shape index (κ3) is 2.71. The number of nitrogens with zero attached hydrogens (tertiary/aromatic N) is 2. The van der Waals surface area contributed by atoms with Gasteiger partial charge >= 0.3 is 0 Å². The summed E-state index contributed by atoms with van der Waals surface area (Å²) in [5, 5.41) is -0.410. The Balaban J connectivity index is 2.06. The first-order valence-electron chi connectivity index (χ1n) is 7.02. The largest absolute Gasteiger partial charge is 0.329 e. The van der Waals surface area contributed by atoms with Gasteiger partial charge in [0.05, 0.1) is 5.25 Å². The van der Waals surface area contributed by atoms with E-state index in [1.54, 1.807) is 4.31 Å². The average Bonchev–Trinajstić information content (AvgIpc) is 2.39. The fraction of sp³-hybridized carbons (Fsp3) is 1.00. The molecule has 0 radical (unpaired) electrons. The Morgan fingerprint density at radius 2 is 2.06 bits per heavy atom. The predicted octanol–water partition coefficient (Wildman–Crippen LogP) is 0.224.